The van der Waals surface area contributed by atoms with Crippen LogP contribution in [0, 0.1) is 11.7 Å². The summed E-state index contributed by atoms with van der Waals surface area (Å²) in [5.41, 5.74) is 2.85. The highest BCUT2D eigenvalue weighted by atomic mass is 35.5. The highest BCUT2D eigenvalue weighted by Gasteiger charge is 2.29. The Morgan fingerprint density at radius 2 is 1.81 bits per heavy atom. The van der Waals surface area contributed by atoms with Gasteiger partial charge in [0.15, 0.2) is 0 Å². The van der Waals surface area contributed by atoms with Gasteiger partial charge in [0, 0.05) is 31.1 Å². The van der Waals surface area contributed by atoms with Crippen LogP contribution in [0.3, 0.4) is 0 Å². The van der Waals surface area contributed by atoms with Gasteiger partial charge >= 0.3 is 6.09 Å². The number of rotatable bonds is 7. The summed E-state index contributed by atoms with van der Waals surface area (Å²) in [6.45, 7) is 2.29. The molecule has 2 aromatic carbocycles. The van der Waals surface area contributed by atoms with Crippen molar-refractivity contribution in [1.29, 1.82) is 0 Å². The van der Waals surface area contributed by atoms with Crippen LogP contribution < -0.4 is 10.6 Å². The fourth-order valence-corrected chi connectivity index (χ4v) is 4.29. The highest BCUT2D eigenvalue weighted by Crippen LogP contribution is 2.29. The molecule has 1 fully saturated rings. The summed E-state index contributed by atoms with van der Waals surface area (Å²) in [4.78, 5) is 25.2. The van der Waals surface area contributed by atoms with Crippen molar-refractivity contribution in [3.8, 4) is 11.1 Å². The molecule has 0 spiro atoms. The maximum Gasteiger partial charge on any atom is 0.404 e. The molecule has 1 atom stereocenters. The van der Waals surface area contributed by atoms with E-state index in [0.29, 0.717) is 11.6 Å². The van der Waals surface area contributed by atoms with Crippen molar-refractivity contribution < 1.29 is 19.1 Å². The molecule has 3 N–H and O–H groups in total. The van der Waals surface area contributed by atoms with Gasteiger partial charge in [-0.3, -0.25) is 9.69 Å². The van der Waals surface area contributed by atoms with E-state index in [1.165, 1.54) is 12.1 Å². The van der Waals surface area contributed by atoms with Crippen molar-refractivity contribution in [3.63, 3.8) is 0 Å². The van der Waals surface area contributed by atoms with E-state index in [0.717, 1.165) is 42.6 Å². The summed E-state index contributed by atoms with van der Waals surface area (Å²) in [7, 11) is 1.55. The Hall–Kier alpha value is -2.64. The van der Waals surface area contributed by atoms with Crippen LogP contribution in [0.1, 0.15) is 24.8 Å². The lowest BCUT2D eigenvalue weighted by Crippen LogP contribution is -2.46. The molecule has 0 aromatic heterocycles. The van der Waals surface area contributed by atoms with Crippen LogP contribution in [-0.2, 0) is 11.3 Å². The molecule has 1 saturated heterocycles. The fraction of sp³-hybridized carbons (Fsp3) is 0.391. The molecule has 6 nitrogen and oxygen atoms in total. The topological polar surface area (TPSA) is 81.7 Å². The van der Waals surface area contributed by atoms with Gasteiger partial charge < -0.3 is 15.7 Å². The van der Waals surface area contributed by atoms with E-state index in [1.807, 2.05) is 18.2 Å². The van der Waals surface area contributed by atoms with Crippen molar-refractivity contribution in [1.82, 2.24) is 15.5 Å². The molecule has 0 aliphatic carbocycles. The van der Waals surface area contributed by atoms with Crippen LogP contribution in [-0.4, -0.2) is 48.2 Å². The van der Waals surface area contributed by atoms with Crippen molar-refractivity contribution in [2.75, 3.05) is 20.1 Å². The molecule has 2 amide bonds. The summed E-state index contributed by atoms with van der Waals surface area (Å²) in [5, 5.41) is 14.8. The molecule has 1 aliphatic heterocycles. The van der Waals surface area contributed by atoms with E-state index in [-0.39, 0.29) is 24.1 Å². The molecule has 166 valence electrons. The number of carboxylic acid groups (broad SMARTS) is 1. The Bertz CT molecular complexity index is 915. The summed E-state index contributed by atoms with van der Waals surface area (Å²) < 4.78 is 13.1. The van der Waals surface area contributed by atoms with E-state index < -0.39 is 12.1 Å². The number of hydrogen-bond acceptors (Lipinski definition) is 3. The first kappa shape index (κ1) is 23.0. The minimum absolute atomic E-state index is 0.112. The molecule has 31 heavy (non-hydrogen) atoms. The average molecular weight is 448 g/mol. The normalized spacial score (nSPS) is 16.0. The van der Waals surface area contributed by atoms with E-state index in [4.69, 9.17) is 16.7 Å². The fourth-order valence-electron chi connectivity index (χ4n) is 4.05. The third-order valence-corrected chi connectivity index (χ3v) is 6.17. The molecule has 1 aliphatic rings. The van der Waals surface area contributed by atoms with Crippen molar-refractivity contribution in [2.24, 2.45) is 5.92 Å². The Morgan fingerprint density at radius 3 is 2.39 bits per heavy atom. The lowest BCUT2D eigenvalue weighted by molar-refractivity contribution is -0.121. The minimum Gasteiger partial charge on any atom is -0.465 e. The predicted molar refractivity (Wildman–Crippen MR) is 118 cm³/mol. The lowest BCUT2D eigenvalue weighted by atomic mass is 9.87. The zero-order valence-corrected chi connectivity index (χ0v) is 18.2. The zero-order chi connectivity index (χ0) is 22.4. The summed E-state index contributed by atoms with van der Waals surface area (Å²) in [5.74, 6) is -0.332. The lowest BCUT2D eigenvalue weighted by Gasteiger charge is -2.36. The van der Waals surface area contributed by atoms with Crippen LogP contribution in [0.4, 0.5) is 9.18 Å². The first-order valence-corrected chi connectivity index (χ1v) is 10.7. The summed E-state index contributed by atoms with van der Waals surface area (Å²) >= 11 is 6.52. The van der Waals surface area contributed by atoms with Gasteiger partial charge in [0.2, 0.25) is 5.91 Å². The maximum absolute atomic E-state index is 13.1. The smallest absolute Gasteiger partial charge is 0.404 e. The second-order valence-corrected chi connectivity index (χ2v) is 8.27. The Morgan fingerprint density at radius 1 is 1.16 bits per heavy atom. The number of halogens is 2. The summed E-state index contributed by atoms with van der Waals surface area (Å²) in [6.07, 6.45) is 0.634. The standard InChI is InChI=1S/C23H27ClFN3O3/c1-26-22(29)13-21(27-23(30)31)16-8-10-28(11-9-16)14-18-3-2-17(12-20(18)24)15-4-6-19(25)7-5-15/h2-7,12,16,21,27H,8-11,13-14H2,1H3,(H,26,29)(H,30,31). The van der Waals surface area contributed by atoms with Crippen LogP contribution in [0.25, 0.3) is 11.1 Å². The predicted octanol–water partition coefficient (Wildman–Crippen LogP) is 4.13. The highest BCUT2D eigenvalue weighted by molar-refractivity contribution is 6.31. The van der Waals surface area contributed by atoms with Crippen LogP contribution in [0.15, 0.2) is 42.5 Å². The number of piperidine rings is 1. The van der Waals surface area contributed by atoms with Crippen molar-refractivity contribution in [3.05, 3.63) is 58.9 Å². The minimum atomic E-state index is -1.11. The molecule has 0 bridgehead atoms. The average Bonchev–Trinajstić information content (AvgIpc) is 2.75. The molecule has 2 aromatic rings. The maximum atomic E-state index is 13.1. The first-order chi connectivity index (χ1) is 14.9. The van der Waals surface area contributed by atoms with Crippen LogP contribution >= 0.6 is 11.6 Å². The second-order valence-electron chi connectivity index (χ2n) is 7.86. The molecular formula is C23H27ClFN3O3. The summed E-state index contributed by atoms with van der Waals surface area (Å²) in [6, 6.07) is 11.8. The molecule has 1 heterocycles. The first-order valence-electron chi connectivity index (χ1n) is 10.3. The number of benzene rings is 2. The number of nitrogens with one attached hydrogen (secondary N) is 2. The van der Waals surface area contributed by atoms with E-state index in [9.17, 15) is 14.0 Å². The molecule has 1 unspecified atom stereocenters. The zero-order valence-electron chi connectivity index (χ0n) is 17.4. The molecular weight excluding hydrogens is 421 g/mol. The van der Waals surface area contributed by atoms with Gasteiger partial charge in [0.1, 0.15) is 5.82 Å². The van der Waals surface area contributed by atoms with Crippen molar-refractivity contribution in [2.45, 2.75) is 31.8 Å². The SMILES string of the molecule is CNC(=O)CC(NC(=O)O)C1CCN(Cc2ccc(-c3ccc(F)cc3)cc2Cl)CC1. The number of carbonyl (C=O) groups is 2. The number of amides is 2. The number of hydrogen-bond donors (Lipinski definition) is 3. The number of nitrogens with zero attached hydrogens (tertiary/aromatic N) is 1. The van der Waals surface area contributed by atoms with E-state index >= 15 is 0 Å². The van der Waals surface area contributed by atoms with Crippen molar-refractivity contribution >= 4 is 23.6 Å². The third-order valence-electron chi connectivity index (χ3n) is 5.82. The quantitative estimate of drug-likeness (QED) is 0.596. The van der Waals surface area contributed by atoms with Gasteiger partial charge in [-0.1, -0.05) is 35.9 Å². The monoisotopic (exact) mass is 447 g/mol. The number of likely N-dealkylation sites (tertiary alicyclic amines) is 1. The molecule has 0 radical (unpaired) electrons. The van der Waals surface area contributed by atoms with E-state index in [2.05, 4.69) is 15.5 Å². The molecule has 3 rings (SSSR count). The Labute approximate surface area is 186 Å². The second kappa shape index (κ2) is 10.6. The van der Waals surface area contributed by atoms with E-state index in [1.54, 1.807) is 19.2 Å². The molecule has 8 heteroatoms. The van der Waals surface area contributed by atoms with Crippen LogP contribution in [0.5, 0.6) is 0 Å². The third kappa shape index (κ3) is 6.42. The van der Waals surface area contributed by atoms with Gasteiger partial charge in [-0.15, -0.1) is 0 Å². The van der Waals surface area contributed by atoms with Gasteiger partial charge in [0.05, 0.1) is 0 Å². The van der Waals surface area contributed by atoms with Crippen LogP contribution in [0.2, 0.25) is 5.02 Å². The molecule has 0 saturated carbocycles. The van der Waals surface area contributed by atoms with Gasteiger partial charge in [-0.2, -0.15) is 0 Å². The number of carbonyl (C=O) groups excluding carboxylic acids is 1. The van der Waals surface area contributed by atoms with Gasteiger partial charge in [-0.25, -0.2) is 9.18 Å². The van der Waals surface area contributed by atoms with Gasteiger partial charge in [0.25, 0.3) is 0 Å². The largest absolute Gasteiger partial charge is 0.465 e. The Balaban J connectivity index is 1.59. The van der Waals surface area contributed by atoms with Gasteiger partial charge in [-0.05, 0) is 66.7 Å². The Kier molecular flexibility index (Phi) is 7.87.